The Balaban J connectivity index is 2.43. The smallest absolute Gasteiger partial charge is 0.214 e. The van der Waals surface area contributed by atoms with E-state index < -0.39 is 10.0 Å². The highest BCUT2D eigenvalue weighted by Gasteiger charge is 2.16. The van der Waals surface area contributed by atoms with E-state index in [-0.39, 0.29) is 12.3 Å². The van der Waals surface area contributed by atoms with Crippen molar-refractivity contribution in [3.8, 4) is 0 Å². The lowest BCUT2D eigenvalue weighted by Crippen LogP contribution is -2.30. The van der Waals surface area contributed by atoms with Gasteiger partial charge in [0.2, 0.25) is 10.0 Å². The Morgan fingerprint density at radius 2 is 1.88 bits per heavy atom. The van der Waals surface area contributed by atoms with Gasteiger partial charge in [0.05, 0.1) is 12.3 Å². The molecule has 0 aliphatic heterocycles. The zero-order valence-corrected chi connectivity index (χ0v) is 10.7. The first-order chi connectivity index (χ1) is 8.06. The number of aryl methyl sites for hydroxylation is 1. The third-order valence-corrected chi connectivity index (χ3v) is 4.42. The van der Waals surface area contributed by atoms with Crippen molar-refractivity contribution < 1.29 is 13.2 Å². The summed E-state index contributed by atoms with van der Waals surface area (Å²) in [6.07, 6.45) is 1.89. The summed E-state index contributed by atoms with van der Waals surface area (Å²) in [5, 5.41) is 0. The lowest BCUT2D eigenvalue weighted by atomic mass is 10.1. The molecule has 1 aromatic carbocycles. The van der Waals surface area contributed by atoms with Crippen molar-refractivity contribution in [2.24, 2.45) is 0 Å². The van der Waals surface area contributed by atoms with Crippen LogP contribution in [0.1, 0.15) is 12.0 Å². The summed E-state index contributed by atoms with van der Waals surface area (Å²) in [4.78, 5) is 10.3. The Morgan fingerprint density at radius 1 is 1.24 bits per heavy atom. The van der Waals surface area contributed by atoms with Gasteiger partial charge < -0.3 is 4.79 Å². The van der Waals surface area contributed by atoms with E-state index in [2.05, 4.69) is 0 Å². The number of carbonyl (C=O) groups is 1. The van der Waals surface area contributed by atoms with Crippen LogP contribution in [0.2, 0.25) is 0 Å². The summed E-state index contributed by atoms with van der Waals surface area (Å²) in [7, 11) is -1.87. The topological polar surface area (TPSA) is 54.5 Å². The van der Waals surface area contributed by atoms with E-state index in [0.717, 1.165) is 16.3 Å². The third kappa shape index (κ3) is 4.66. The van der Waals surface area contributed by atoms with Crippen LogP contribution < -0.4 is 0 Å². The van der Waals surface area contributed by atoms with Crippen LogP contribution in [0.25, 0.3) is 0 Å². The highest BCUT2D eigenvalue weighted by Crippen LogP contribution is 2.06. The van der Waals surface area contributed by atoms with Gasteiger partial charge in [0, 0.05) is 7.05 Å². The zero-order chi connectivity index (χ0) is 12.7. The quantitative estimate of drug-likeness (QED) is 0.685. The van der Waals surface area contributed by atoms with Crippen molar-refractivity contribution >= 4 is 16.3 Å². The van der Waals surface area contributed by atoms with Crippen LogP contribution in [0.3, 0.4) is 0 Å². The lowest BCUT2D eigenvalue weighted by Gasteiger charge is -2.13. The average molecular weight is 255 g/mol. The molecule has 0 aliphatic rings. The second-order valence-corrected chi connectivity index (χ2v) is 6.05. The van der Waals surface area contributed by atoms with Gasteiger partial charge in [-0.3, -0.25) is 0 Å². The molecule has 0 saturated carbocycles. The lowest BCUT2D eigenvalue weighted by molar-refractivity contribution is -0.107. The van der Waals surface area contributed by atoms with E-state index >= 15 is 0 Å². The highest BCUT2D eigenvalue weighted by molar-refractivity contribution is 7.89. The van der Waals surface area contributed by atoms with E-state index in [1.54, 1.807) is 0 Å². The SMILES string of the molecule is CN(CC=O)S(=O)(=O)CCCc1ccccc1. The first-order valence-corrected chi connectivity index (χ1v) is 7.09. The maximum atomic E-state index is 11.7. The number of nitrogens with zero attached hydrogens (tertiary/aromatic N) is 1. The molecule has 0 unspecified atom stereocenters. The van der Waals surface area contributed by atoms with Gasteiger partial charge in [0.25, 0.3) is 0 Å². The predicted molar refractivity (Wildman–Crippen MR) is 67.2 cm³/mol. The van der Waals surface area contributed by atoms with Gasteiger partial charge in [-0.1, -0.05) is 30.3 Å². The van der Waals surface area contributed by atoms with Crippen LogP contribution >= 0.6 is 0 Å². The molecule has 0 radical (unpaired) electrons. The van der Waals surface area contributed by atoms with Gasteiger partial charge in [-0.15, -0.1) is 0 Å². The van der Waals surface area contributed by atoms with Crippen LogP contribution in [-0.2, 0) is 21.2 Å². The summed E-state index contributed by atoms with van der Waals surface area (Å²) in [6, 6.07) is 9.74. The molecule has 0 heterocycles. The number of carbonyl (C=O) groups excluding carboxylic acids is 1. The molecule has 1 rings (SSSR count). The van der Waals surface area contributed by atoms with Crippen molar-refractivity contribution in [2.45, 2.75) is 12.8 Å². The van der Waals surface area contributed by atoms with Gasteiger partial charge >= 0.3 is 0 Å². The Morgan fingerprint density at radius 3 is 2.47 bits per heavy atom. The number of benzene rings is 1. The molecule has 5 heteroatoms. The van der Waals surface area contributed by atoms with Gasteiger partial charge in [-0.25, -0.2) is 8.42 Å². The second-order valence-electron chi connectivity index (χ2n) is 3.85. The van der Waals surface area contributed by atoms with E-state index in [9.17, 15) is 13.2 Å². The van der Waals surface area contributed by atoms with Crippen molar-refractivity contribution in [1.82, 2.24) is 4.31 Å². The van der Waals surface area contributed by atoms with Crippen LogP contribution in [0, 0.1) is 0 Å². The molecule has 0 atom stereocenters. The summed E-state index contributed by atoms with van der Waals surface area (Å²) < 4.78 is 24.4. The highest BCUT2D eigenvalue weighted by atomic mass is 32.2. The minimum Gasteiger partial charge on any atom is -0.302 e. The largest absolute Gasteiger partial charge is 0.302 e. The minimum absolute atomic E-state index is 0.0756. The van der Waals surface area contributed by atoms with Crippen molar-refractivity contribution in [2.75, 3.05) is 19.3 Å². The zero-order valence-electron chi connectivity index (χ0n) is 9.87. The van der Waals surface area contributed by atoms with Crippen LogP contribution in [0.15, 0.2) is 30.3 Å². The normalized spacial score (nSPS) is 11.6. The Labute approximate surface area is 102 Å². The van der Waals surface area contributed by atoms with Crippen LogP contribution in [0.4, 0.5) is 0 Å². The molecule has 0 amide bonds. The molecular weight excluding hydrogens is 238 g/mol. The van der Waals surface area contributed by atoms with Crippen molar-refractivity contribution in [3.05, 3.63) is 35.9 Å². The monoisotopic (exact) mass is 255 g/mol. The fourth-order valence-corrected chi connectivity index (χ4v) is 2.59. The van der Waals surface area contributed by atoms with Crippen LogP contribution in [0.5, 0.6) is 0 Å². The molecule has 0 bridgehead atoms. The number of aldehydes is 1. The van der Waals surface area contributed by atoms with E-state index in [1.165, 1.54) is 7.05 Å². The summed E-state index contributed by atoms with van der Waals surface area (Å²) in [5.74, 6) is 0.0756. The molecule has 0 spiro atoms. The van der Waals surface area contributed by atoms with Crippen molar-refractivity contribution in [1.29, 1.82) is 0 Å². The molecular formula is C12H17NO3S. The first kappa shape index (κ1) is 13.9. The number of sulfonamides is 1. The van der Waals surface area contributed by atoms with Gasteiger partial charge in [0.15, 0.2) is 0 Å². The maximum Gasteiger partial charge on any atom is 0.214 e. The fraction of sp³-hybridized carbons (Fsp3) is 0.417. The molecule has 17 heavy (non-hydrogen) atoms. The molecule has 0 fully saturated rings. The Bertz CT molecular complexity index is 442. The summed E-state index contributed by atoms with van der Waals surface area (Å²) >= 11 is 0. The number of hydrogen-bond donors (Lipinski definition) is 0. The van der Waals surface area contributed by atoms with E-state index in [4.69, 9.17) is 0 Å². The molecule has 0 aromatic heterocycles. The molecule has 0 N–H and O–H groups in total. The first-order valence-electron chi connectivity index (χ1n) is 5.48. The molecule has 0 saturated heterocycles. The van der Waals surface area contributed by atoms with Gasteiger partial charge in [-0.2, -0.15) is 4.31 Å². The van der Waals surface area contributed by atoms with Gasteiger partial charge in [0.1, 0.15) is 6.29 Å². The average Bonchev–Trinajstić information content (AvgIpc) is 2.30. The fourth-order valence-electron chi connectivity index (χ4n) is 1.48. The van der Waals surface area contributed by atoms with Crippen LogP contribution in [-0.4, -0.2) is 38.4 Å². The predicted octanol–water partition coefficient (Wildman–Crippen LogP) is 1.08. The minimum atomic E-state index is -3.29. The Kier molecular flexibility index (Phi) is 5.31. The summed E-state index contributed by atoms with van der Waals surface area (Å²) in [5.41, 5.74) is 1.13. The second kappa shape index (κ2) is 6.51. The summed E-state index contributed by atoms with van der Waals surface area (Å²) in [6.45, 7) is -0.0757. The van der Waals surface area contributed by atoms with Gasteiger partial charge in [-0.05, 0) is 18.4 Å². The maximum absolute atomic E-state index is 11.7. The Hall–Kier alpha value is -1.20. The number of rotatable bonds is 7. The number of likely N-dealkylation sites (N-methyl/N-ethyl adjacent to an activating group) is 1. The molecule has 4 nitrogen and oxygen atoms in total. The molecule has 0 aliphatic carbocycles. The number of hydrogen-bond acceptors (Lipinski definition) is 3. The molecule has 94 valence electrons. The third-order valence-electron chi connectivity index (χ3n) is 2.52. The standard InChI is InChI=1S/C12H17NO3S/c1-13(9-10-14)17(15,16)11-5-8-12-6-3-2-4-7-12/h2-4,6-7,10H,5,8-9,11H2,1H3. The molecule has 1 aromatic rings. The van der Waals surface area contributed by atoms with E-state index in [0.29, 0.717) is 12.7 Å². The van der Waals surface area contributed by atoms with Crippen molar-refractivity contribution in [3.63, 3.8) is 0 Å². The van der Waals surface area contributed by atoms with E-state index in [1.807, 2.05) is 30.3 Å².